The van der Waals surface area contributed by atoms with Crippen LogP contribution in [-0.2, 0) is 21.2 Å². The minimum absolute atomic E-state index is 0.164. The molecule has 0 radical (unpaired) electrons. The summed E-state index contributed by atoms with van der Waals surface area (Å²) in [7, 11) is -0.458. The first kappa shape index (κ1) is 16.1. The lowest BCUT2D eigenvalue weighted by Crippen LogP contribution is -2.29. The van der Waals surface area contributed by atoms with Gasteiger partial charge in [-0.2, -0.15) is 0 Å². The summed E-state index contributed by atoms with van der Waals surface area (Å²) in [6, 6.07) is 3.27. The van der Waals surface area contributed by atoms with Crippen LogP contribution in [0.4, 0.5) is 5.69 Å². The van der Waals surface area contributed by atoms with Gasteiger partial charge < -0.3 is 15.2 Å². The number of ether oxygens (including phenoxy) is 2. The van der Waals surface area contributed by atoms with Crippen molar-refractivity contribution in [2.24, 2.45) is 0 Å². The van der Waals surface area contributed by atoms with Gasteiger partial charge in [-0.25, -0.2) is 12.7 Å². The van der Waals surface area contributed by atoms with E-state index in [1.54, 1.807) is 20.2 Å². The molecule has 7 heteroatoms. The number of nitrogen functional groups attached to an aromatic ring is 1. The molecule has 1 aromatic rings. The Balaban J connectivity index is 2.33. The molecule has 1 aliphatic heterocycles. The maximum Gasteiger partial charge on any atom is 0.246 e. The van der Waals surface area contributed by atoms with Crippen molar-refractivity contribution < 1.29 is 17.9 Å². The summed E-state index contributed by atoms with van der Waals surface area (Å²) in [5.41, 5.74) is 7.16. The molecule has 0 saturated heterocycles. The van der Waals surface area contributed by atoms with Crippen LogP contribution in [0.25, 0.3) is 0 Å². The van der Waals surface area contributed by atoms with E-state index in [2.05, 4.69) is 0 Å². The fourth-order valence-corrected chi connectivity index (χ4v) is 3.80. The van der Waals surface area contributed by atoms with Crippen LogP contribution in [0.15, 0.2) is 17.0 Å². The number of nitrogens with two attached hydrogens (primary N) is 1. The van der Waals surface area contributed by atoms with Gasteiger partial charge in [0.1, 0.15) is 10.6 Å². The lowest BCUT2D eigenvalue weighted by Gasteiger charge is -2.24. The lowest BCUT2D eigenvalue weighted by atomic mass is 10.1. The maximum absolute atomic E-state index is 12.7. The second-order valence-electron chi connectivity index (χ2n) is 5.13. The summed E-state index contributed by atoms with van der Waals surface area (Å²) in [5.74, 6) is 0.453. The SMILES string of the molecule is COCCCN(C)S(=O)(=O)c1cc(N)cc2c1OCCC2. The summed E-state index contributed by atoms with van der Waals surface area (Å²) < 4.78 is 37.3. The molecule has 0 bridgehead atoms. The summed E-state index contributed by atoms with van der Waals surface area (Å²) in [6.45, 7) is 1.44. The molecule has 1 heterocycles. The molecule has 0 spiro atoms. The van der Waals surface area contributed by atoms with Gasteiger partial charge in [-0.05, 0) is 37.0 Å². The minimum atomic E-state index is -3.61. The molecule has 1 aliphatic rings. The summed E-state index contributed by atoms with van der Waals surface area (Å²) in [5, 5.41) is 0. The van der Waals surface area contributed by atoms with E-state index in [0.717, 1.165) is 18.4 Å². The average molecular weight is 314 g/mol. The Morgan fingerprint density at radius 2 is 2.19 bits per heavy atom. The Morgan fingerprint density at radius 3 is 2.90 bits per heavy atom. The number of aryl methyl sites for hydroxylation is 1. The first-order valence-electron chi connectivity index (χ1n) is 6.97. The third kappa shape index (κ3) is 3.48. The zero-order valence-electron chi connectivity index (χ0n) is 12.5. The number of hydrogen-bond acceptors (Lipinski definition) is 5. The normalized spacial score (nSPS) is 14.8. The average Bonchev–Trinajstić information content (AvgIpc) is 2.46. The molecule has 0 amide bonds. The van der Waals surface area contributed by atoms with Crippen LogP contribution in [0.1, 0.15) is 18.4 Å². The number of nitrogens with zero attached hydrogens (tertiary/aromatic N) is 1. The number of hydrogen-bond donors (Lipinski definition) is 1. The van der Waals surface area contributed by atoms with Crippen LogP contribution in [0.2, 0.25) is 0 Å². The first-order valence-corrected chi connectivity index (χ1v) is 8.41. The van der Waals surface area contributed by atoms with Crippen LogP contribution in [0, 0.1) is 0 Å². The third-order valence-corrected chi connectivity index (χ3v) is 5.36. The third-order valence-electron chi connectivity index (χ3n) is 3.50. The zero-order valence-corrected chi connectivity index (χ0v) is 13.3. The smallest absolute Gasteiger partial charge is 0.246 e. The topological polar surface area (TPSA) is 81.9 Å². The van der Waals surface area contributed by atoms with Gasteiger partial charge in [-0.1, -0.05) is 0 Å². The predicted molar refractivity (Wildman–Crippen MR) is 81.0 cm³/mol. The molecule has 21 heavy (non-hydrogen) atoms. The molecule has 1 aromatic carbocycles. The van der Waals surface area contributed by atoms with Crippen molar-refractivity contribution >= 4 is 15.7 Å². The van der Waals surface area contributed by atoms with Gasteiger partial charge in [0.15, 0.2) is 0 Å². The van der Waals surface area contributed by atoms with Crippen molar-refractivity contribution in [2.75, 3.05) is 39.6 Å². The Hall–Kier alpha value is -1.31. The van der Waals surface area contributed by atoms with E-state index in [9.17, 15) is 8.42 Å². The summed E-state index contributed by atoms with van der Waals surface area (Å²) >= 11 is 0. The number of anilines is 1. The molecule has 2 rings (SSSR count). The second kappa shape index (κ2) is 6.64. The van der Waals surface area contributed by atoms with Crippen LogP contribution < -0.4 is 10.5 Å². The monoisotopic (exact) mass is 314 g/mol. The largest absolute Gasteiger partial charge is 0.492 e. The second-order valence-corrected chi connectivity index (χ2v) is 7.15. The van der Waals surface area contributed by atoms with E-state index in [1.165, 1.54) is 10.4 Å². The minimum Gasteiger partial charge on any atom is -0.492 e. The molecule has 0 saturated carbocycles. The Bertz CT molecular complexity index is 601. The molecular weight excluding hydrogens is 292 g/mol. The van der Waals surface area contributed by atoms with Crippen molar-refractivity contribution in [1.82, 2.24) is 4.31 Å². The van der Waals surface area contributed by atoms with E-state index >= 15 is 0 Å². The van der Waals surface area contributed by atoms with Gasteiger partial charge in [0, 0.05) is 33.0 Å². The molecule has 2 N–H and O–H groups in total. The molecule has 0 aromatic heterocycles. The van der Waals surface area contributed by atoms with Gasteiger partial charge in [-0.3, -0.25) is 0 Å². The van der Waals surface area contributed by atoms with Crippen LogP contribution in [0.3, 0.4) is 0 Å². The maximum atomic E-state index is 12.7. The molecule has 0 fully saturated rings. The number of rotatable bonds is 6. The lowest BCUT2D eigenvalue weighted by molar-refractivity contribution is 0.189. The highest BCUT2D eigenvalue weighted by Crippen LogP contribution is 2.35. The van der Waals surface area contributed by atoms with Gasteiger partial charge in [0.2, 0.25) is 10.0 Å². The van der Waals surface area contributed by atoms with E-state index in [4.69, 9.17) is 15.2 Å². The first-order chi connectivity index (χ1) is 9.96. The highest BCUT2D eigenvalue weighted by molar-refractivity contribution is 7.89. The number of methoxy groups -OCH3 is 1. The number of benzene rings is 1. The highest BCUT2D eigenvalue weighted by atomic mass is 32.2. The Labute approximate surface area is 125 Å². The van der Waals surface area contributed by atoms with E-state index in [0.29, 0.717) is 37.6 Å². The number of sulfonamides is 1. The highest BCUT2D eigenvalue weighted by Gasteiger charge is 2.28. The van der Waals surface area contributed by atoms with Crippen LogP contribution >= 0.6 is 0 Å². The number of fused-ring (bicyclic) bond motifs is 1. The molecule has 118 valence electrons. The van der Waals surface area contributed by atoms with Crippen molar-refractivity contribution in [2.45, 2.75) is 24.2 Å². The molecule has 6 nitrogen and oxygen atoms in total. The molecule has 0 aliphatic carbocycles. The molecular formula is C14H22N2O4S. The van der Waals surface area contributed by atoms with Crippen molar-refractivity contribution in [3.05, 3.63) is 17.7 Å². The van der Waals surface area contributed by atoms with Crippen molar-refractivity contribution in [1.29, 1.82) is 0 Å². The van der Waals surface area contributed by atoms with Crippen molar-refractivity contribution in [3.8, 4) is 5.75 Å². The zero-order chi connectivity index (χ0) is 15.5. The van der Waals surface area contributed by atoms with Gasteiger partial charge in [0.25, 0.3) is 0 Å². The fourth-order valence-electron chi connectivity index (χ4n) is 2.38. The van der Waals surface area contributed by atoms with Gasteiger partial charge in [-0.15, -0.1) is 0 Å². The Morgan fingerprint density at radius 1 is 1.43 bits per heavy atom. The van der Waals surface area contributed by atoms with Crippen molar-refractivity contribution in [3.63, 3.8) is 0 Å². The quantitative estimate of drug-likeness (QED) is 0.631. The van der Waals surface area contributed by atoms with Gasteiger partial charge >= 0.3 is 0 Å². The fraction of sp³-hybridized carbons (Fsp3) is 0.571. The summed E-state index contributed by atoms with van der Waals surface area (Å²) in [4.78, 5) is 0.164. The van der Waals surface area contributed by atoms with E-state index in [1.807, 2.05) is 0 Å². The van der Waals surface area contributed by atoms with Crippen LogP contribution in [0.5, 0.6) is 5.75 Å². The molecule has 0 unspecified atom stereocenters. The Kier molecular flexibility index (Phi) is 5.08. The van der Waals surface area contributed by atoms with Crippen LogP contribution in [-0.4, -0.2) is 46.6 Å². The molecule has 0 atom stereocenters. The van der Waals surface area contributed by atoms with E-state index < -0.39 is 10.0 Å². The van der Waals surface area contributed by atoms with Gasteiger partial charge in [0.05, 0.1) is 6.61 Å². The predicted octanol–water partition coefficient (Wildman–Crippen LogP) is 1.25. The van der Waals surface area contributed by atoms with E-state index in [-0.39, 0.29) is 4.90 Å². The standard InChI is InChI=1S/C14H22N2O4S/c1-16(6-4-7-19-2)21(17,18)13-10-12(15)9-11-5-3-8-20-14(11)13/h9-10H,3-8,15H2,1-2H3. The summed E-state index contributed by atoms with van der Waals surface area (Å²) in [6.07, 6.45) is 2.30.